The Bertz CT molecular complexity index is 1860. The lowest BCUT2D eigenvalue weighted by molar-refractivity contribution is -0.114. The topological polar surface area (TPSA) is 239 Å². The number of aromatic nitrogens is 3. The molecule has 0 saturated heterocycles. The smallest absolute Gasteiger partial charge is 0.295 e. The number of nitrogens with one attached hydrogen (secondary N) is 2. The normalized spacial score (nSPS) is 12.1. The molecule has 0 aliphatic heterocycles. The average Bonchev–Trinajstić information content (AvgIpc) is 2.81. The molecule has 0 atom stereocenters. The lowest BCUT2D eigenvalue weighted by atomic mass is 10.1. The number of anilines is 4. The van der Waals surface area contributed by atoms with Crippen molar-refractivity contribution in [2.45, 2.75) is 16.7 Å². The summed E-state index contributed by atoms with van der Waals surface area (Å²) in [5.74, 6) is -0.566. The van der Waals surface area contributed by atoms with E-state index in [-0.39, 0.29) is 45.0 Å². The first-order valence-corrected chi connectivity index (χ1v) is 13.8. The minimum Gasteiger partial charge on any atom is -0.368 e. The van der Waals surface area contributed by atoms with Crippen LogP contribution in [0, 0.1) is 0 Å². The number of halogens is 1. The Morgan fingerprint density at radius 3 is 2.21 bits per heavy atom. The SMILES string of the molecule is CC(=O)Nc1cc(N=Nc2cc(S(=O)(=O)O)c3cccc(S(=O)(=O)O)c3c2)ccc1Nc1nc(N)nc(Cl)n1. The van der Waals surface area contributed by atoms with Crippen LogP contribution in [-0.4, -0.2) is 46.8 Å². The molecule has 4 rings (SSSR count). The number of fused-ring (bicyclic) bond motifs is 1. The molecule has 202 valence electrons. The number of carbonyl (C=O) groups excluding carboxylic acids is 1. The van der Waals surface area contributed by atoms with E-state index in [4.69, 9.17) is 17.3 Å². The third-order valence-corrected chi connectivity index (χ3v) is 6.90. The van der Waals surface area contributed by atoms with Gasteiger partial charge in [-0.05, 0) is 48.0 Å². The fourth-order valence-electron chi connectivity index (χ4n) is 3.46. The van der Waals surface area contributed by atoms with Crippen molar-refractivity contribution < 1.29 is 30.7 Å². The van der Waals surface area contributed by atoms with Gasteiger partial charge in [-0.2, -0.15) is 42.0 Å². The van der Waals surface area contributed by atoms with E-state index in [2.05, 4.69) is 35.8 Å². The summed E-state index contributed by atoms with van der Waals surface area (Å²) in [6.07, 6.45) is 0. The summed E-state index contributed by atoms with van der Waals surface area (Å²) >= 11 is 5.80. The van der Waals surface area contributed by atoms with E-state index in [1.165, 1.54) is 43.3 Å². The molecule has 0 aliphatic rings. The van der Waals surface area contributed by atoms with E-state index in [0.29, 0.717) is 5.69 Å². The van der Waals surface area contributed by atoms with Crippen LogP contribution in [0.5, 0.6) is 0 Å². The summed E-state index contributed by atoms with van der Waals surface area (Å²) in [6, 6.07) is 10.1. The molecule has 18 heteroatoms. The molecular weight excluding hydrogens is 576 g/mol. The van der Waals surface area contributed by atoms with Gasteiger partial charge in [0.1, 0.15) is 9.79 Å². The van der Waals surface area contributed by atoms with Crippen LogP contribution in [0.2, 0.25) is 5.28 Å². The molecule has 3 aromatic carbocycles. The zero-order chi connectivity index (χ0) is 28.5. The molecular formula is C21H17ClN8O7S2. The van der Waals surface area contributed by atoms with Gasteiger partial charge in [-0.15, -0.1) is 0 Å². The highest BCUT2D eigenvalue weighted by Gasteiger charge is 2.21. The zero-order valence-corrected chi connectivity index (χ0v) is 22.0. The number of nitrogens with zero attached hydrogens (tertiary/aromatic N) is 5. The first-order valence-electron chi connectivity index (χ1n) is 10.5. The lowest BCUT2D eigenvalue weighted by Gasteiger charge is -2.12. The fourth-order valence-corrected chi connectivity index (χ4v) is 5.05. The molecule has 0 unspecified atom stereocenters. The molecule has 6 N–H and O–H groups in total. The second kappa shape index (κ2) is 10.5. The van der Waals surface area contributed by atoms with E-state index in [1.54, 1.807) is 0 Å². The number of benzene rings is 3. The van der Waals surface area contributed by atoms with Gasteiger partial charge in [-0.3, -0.25) is 13.9 Å². The highest BCUT2D eigenvalue weighted by molar-refractivity contribution is 7.86. The molecule has 0 saturated carbocycles. The van der Waals surface area contributed by atoms with Crippen molar-refractivity contribution in [1.82, 2.24) is 15.0 Å². The molecule has 1 amide bonds. The molecule has 39 heavy (non-hydrogen) atoms. The first kappa shape index (κ1) is 27.7. The monoisotopic (exact) mass is 592 g/mol. The van der Waals surface area contributed by atoms with Crippen molar-refractivity contribution in [3.63, 3.8) is 0 Å². The lowest BCUT2D eigenvalue weighted by Crippen LogP contribution is -2.09. The van der Waals surface area contributed by atoms with Gasteiger partial charge in [0, 0.05) is 17.7 Å². The quantitative estimate of drug-likeness (QED) is 0.152. The second-order valence-corrected chi connectivity index (χ2v) is 10.9. The maximum atomic E-state index is 12.0. The standard InChI is InChI=1S/C21H17ClN8O7S2/c1-10(31)24-16-8-11(5-6-15(16)25-21-27-19(22)26-20(23)28-21)29-30-12-7-14-13(18(9-12)39(35,36)37)3-2-4-17(14)38(32,33)34/h2-9H,1H3,(H,24,31)(H,32,33,34)(H,35,36,37)(H3,23,25,26,27,28). The van der Waals surface area contributed by atoms with Gasteiger partial charge in [0.15, 0.2) is 0 Å². The second-order valence-electron chi connectivity index (χ2n) is 7.77. The van der Waals surface area contributed by atoms with E-state index < -0.39 is 35.9 Å². The summed E-state index contributed by atoms with van der Waals surface area (Å²) in [4.78, 5) is 22.0. The van der Waals surface area contributed by atoms with Crippen LogP contribution in [0.1, 0.15) is 6.92 Å². The summed E-state index contributed by atoms with van der Waals surface area (Å²) < 4.78 is 67.0. The largest absolute Gasteiger partial charge is 0.368 e. The average molecular weight is 593 g/mol. The Balaban J connectivity index is 1.78. The van der Waals surface area contributed by atoms with Crippen LogP contribution in [0.4, 0.5) is 34.6 Å². The van der Waals surface area contributed by atoms with Crippen molar-refractivity contribution in [2.75, 3.05) is 16.4 Å². The van der Waals surface area contributed by atoms with Crippen LogP contribution < -0.4 is 16.4 Å². The fraction of sp³-hybridized carbons (Fsp3) is 0.0476. The van der Waals surface area contributed by atoms with Crippen LogP contribution in [0.3, 0.4) is 0 Å². The van der Waals surface area contributed by atoms with Crippen LogP contribution in [0.25, 0.3) is 10.8 Å². The molecule has 0 spiro atoms. The molecule has 0 fully saturated rings. The number of hydrogen-bond donors (Lipinski definition) is 5. The van der Waals surface area contributed by atoms with Gasteiger partial charge >= 0.3 is 0 Å². The minimum atomic E-state index is -4.83. The van der Waals surface area contributed by atoms with E-state index in [1.807, 2.05) is 0 Å². The molecule has 15 nitrogen and oxygen atoms in total. The van der Waals surface area contributed by atoms with Crippen molar-refractivity contribution >= 4 is 83.2 Å². The van der Waals surface area contributed by atoms with Gasteiger partial charge in [0.05, 0.1) is 22.7 Å². The van der Waals surface area contributed by atoms with E-state index in [9.17, 15) is 30.7 Å². The van der Waals surface area contributed by atoms with Crippen LogP contribution in [0.15, 0.2) is 68.6 Å². The number of hydrogen-bond acceptors (Lipinski definition) is 12. The molecule has 1 aromatic heterocycles. The van der Waals surface area contributed by atoms with Gasteiger partial charge in [0.2, 0.25) is 23.1 Å². The van der Waals surface area contributed by atoms with Gasteiger partial charge in [-0.25, -0.2) is 0 Å². The van der Waals surface area contributed by atoms with Gasteiger partial charge < -0.3 is 16.4 Å². The number of amides is 1. The molecule has 4 aromatic rings. The van der Waals surface area contributed by atoms with Crippen molar-refractivity contribution in [1.29, 1.82) is 0 Å². The van der Waals surface area contributed by atoms with Crippen molar-refractivity contribution in [3.05, 3.63) is 53.8 Å². The van der Waals surface area contributed by atoms with Gasteiger partial charge in [-0.1, -0.05) is 12.1 Å². The molecule has 0 bridgehead atoms. The van der Waals surface area contributed by atoms with E-state index >= 15 is 0 Å². The van der Waals surface area contributed by atoms with Crippen LogP contribution in [-0.2, 0) is 25.0 Å². The third kappa shape index (κ3) is 6.59. The molecule has 1 heterocycles. The maximum Gasteiger partial charge on any atom is 0.295 e. The van der Waals surface area contributed by atoms with Crippen molar-refractivity contribution in [3.8, 4) is 0 Å². The number of rotatable bonds is 7. The third-order valence-electron chi connectivity index (χ3n) is 4.93. The number of nitrogens with two attached hydrogens (primary N) is 1. The Morgan fingerprint density at radius 2 is 1.56 bits per heavy atom. The highest BCUT2D eigenvalue weighted by Crippen LogP contribution is 2.35. The minimum absolute atomic E-state index is 0.00276. The van der Waals surface area contributed by atoms with Crippen molar-refractivity contribution in [2.24, 2.45) is 10.2 Å². The van der Waals surface area contributed by atoms with Crippen LogP contribution >= 0.6 is 11.6 Å². The Kier molecular flexibility index (Phi) is 7.44. The van der Waals surface area contributed by atoms with E-state index in [0.717, 1.165) is 12.1 Å². The summed E-state index contributed by atoms with van der Waals surface area (Å²) in [6.45, 7) is 1.27. The van der Waals surface area contributed by atoms with Gasteiger partial charge in [0.25, 0.3) is 20.2 Å². The first-order chi connectivity index (χ1) is 18.2. The maximum absolute atomic E-state index is 12.0. The predicted molar refractivity (Wildman–Crippen MR) is 141 cm³/mol. The zero-order valence-electron chi connectivity index (χ0n) is 19.6. The molecule has 0 aliphatic carbocycles. The highest BCUT2D eigenvalue weighted by atomic mass is 35.5. The predicted octanol–water partition coefficient (Wildman–Crippen LogP) is 3.87. The summed E-state index contributed by atoms with van der Waals surface area (Å²) in [5.41, 5.74) is 6.13. The molecule has 0 radical (unpaired) electrons. The Morgan fingerprint density at radius 1 is 0.872 bits per heavy atom. The Hall–Kier alpha value is -4.29. The summed E-state index contributed by atoms with van der Waals surface area (Å²) in [5, 5.41) is 12.9. The summed E-state index contributed by atoms with van der Waals surface area (Å²) in [7, 11) is -9.58. The number of nitrogen functional groups attached to an aromatic ring is 1. The number of azo groups is 1. The Labute approximate surface area is 225 Å². The number of carbonyl (C=O) groups is 1.